The van der Waals surface area contributed by atoms with E-state index >= 15 is 0 Å². The van der Waals surface area contributed by atoms with Crippen LogP contribution < -0.4 is 10.6 Å². The number of ketones is 1. The van der Waals surface area contributed by atoms with E-state index in [0.29, 0.717) is 5.56 Å². The number of imide groups is 1. The van der Waals surface area contributed by atoms with Crippen LogP contribution in [0.4, 0.5) is 0 Å². The zero-order valence-electron chi connectivity index (χ0n) is 18.9. The minimum Gasteiger partial charge on any atom is -0.354 e. The molecule has 172 valence electrons. The first-order valence-corrected chi connectivity index (χ1v) is 10.9. The molecule has 1 aliphatic heterocycles. The molecule has 0 aliphatic carbocycles. The van der Waals surface area contributed by atoms with Crippen LogP contribution in [0.1, 0.15) is 73.7 Å². The molecule has 2 aromatic rings. The second kappa shape index (κ2) is 10.2. The predicted molar refractivity (Wildman–Crippen MR) is 122 cm³/mol. The highest BCUT2D eigenvalue weighted by molar-refractivity contribution is 6.22. The van der Waals surface area contributed by atoms with Crippen molar-refractivity contribution < 1.29 is 24.0 Å². The number of amides is 4. The van der Waals surface area contributed by atoms with Crippen LogP contribution in [0.15, 0.2) is 42.5 Å². The van der Waals surface area contributed by atoms with Gasteiger partial charge in [0, 0.05) is 43.1 Å². The van der Waals surface area contributed by atoms with Crippen LogP contribution in [0.5, 0.6) is 0 Å². The molecule has 4 amide bonds. The Bertz CT molecular complexity index is 1110. The van der Waals surface area contributed by atoms with Gasteiger partial charge < -0.3 is 10.6 Å². The Hall–Kier alpha value is -3.81. The summed E-state index contributed by atoms with van der Waals surface area (Å²) in [6.45, 7) is 5.82. The largest absolute Gasteiger partial charge is 0.354 e. The molecule has 0 radical (unpaired) electrons. The number of benzene rings is 2. The van der Waals surface area contributed by atoms with E-state index in [4.69, 9.17) is 0 Å². The van der Waals surface area contributed by atoms with Crippen LogP contribution in [-0.4, -0.2) is 53.4 Å². The fourth-order valence-corrected chi connectivity index (χ4v) is 3.55. The molecule has 1 heterocycles. The number of rotatable bonds is 9. The number of aryl methyl sites for hydroxylation is 1. The summed E-state index contributed by atoms with van der Waals surface area (Å²) in [5.74, 6) is -1.56. The van der Waals surface area contributed by atoms with E-state index in [0.717, 1.165) is 5.56 Å². The van der Waals surface area contributed by atoms with Crippen LogP contribution in [0.2, 0.25) is 0 Å². The van der Waals surface area contributed by atoms with E-state index in [1.54, 1.807) is 26.0 Å². The second-order valence-electron chi connectivity index (χ2n) is 8.23. The minimum atomic E-state index is -0.412. The molecule has 3 rings (SSSR count). The average Bonchev–Trinajstić information content (AvgIpc) is 3.05. The summed E-state index contributed by atoms with van der Waals surface area (Å²) in [6.07, 6.45) is 0.171. The first kappa shape index (κ1) is 23.8. The summed E-state index contributed by atoms with van der Waals surface area (Å²) in [5.41, 5.74) is 2.40. The molecule has 0 unspecified atom stereocenters. The van der Waals surface area contributed by atoms with Gasteiger partial charge in [0.05, 0.1) is 11.1 Å². The zero-order valence-corrected chi connectivity index (χ0v) is 18.9. The molecule has 0 saturated carbocycles. The van der Waals surface area contributed by atoms with Gasteiger partial charge >= 0.3 is 0 Å². The van der Waals surface area contributed by atoms with Gasteiger partial charge in [0.15, 0.2) is 5.78 Å². The van der Waals surface area contributed by atoms with Gasteiger partial charge in [0.1, 0.15) is 0 Å². The van der Waals surface area contributed by atoms with Gasteiger partial charge in [-0.15, -0.1) is 0 Å². The molecule has 2 aromatic carbocycles. The molecule has 0 aromatic heterocycles. The third kappa shape index (κ3) is 5.52. The fraction of sp³-hybridized carbons (Fsp3) is 0.320. The number of carbonyl (C=O) groups excluding carboxylic acids is 5. The third-order valence-corrected chi connectivity index (χ3v) is 5.38. The molecule has 33 heavy (non-hydrogen) atoms. The topological polar surface area (TPSA) is 113 Å². The van der Waals surface area contributed by atoms with E-state index < -0.39 is 11.8 Å². The maximum atomic E-state index is 12.5. The SMILES string of the molecule is Cc1ccc(C(=O)CCC(=O)NCCNC(=O)c2ccc3c(c2)C(=O)N(C(C)C)C3=O)cc1. The van der Waals surface area contributed by atoms with Crippen LogP contribution in [0.3, 0.4) is 0 Å². The molecule has 8 nitrogen and oxygen atoms in total. The minimum absolute atomic E-state index is 0.0635. The van der Waals surface area contributed by atoms with Crippen molar-refractivity contribution in [2.45, 2.75) is 39.7 Å². The van der Waals surface area contributed by atoms with Crippen molar-refractivity contribution in [1.82, 2.24) is 15.5 Å². The van der Waals surface area contributed by atoms with Gasteiger partial charge in [0.25, 0.3) is 17.7 Å². The van der Waals surface area contributed by atoms with Crippen LogP contribution in [-0.2, 0) is 4.79 Å². The van der Waals surface area contributed by atoms with Crippen molar-refractivity contribution in [3.8, 4) is 0 Å². The maximum Gasteiger partial charge on any atom is 0.261 e. The monoisotopic (exact) mass is 449 g/mol. The number of nitrogens with zero attached hydrogens (tertiary/aromatic N) is 1. The number of fused-ring (bicyclic) bond motifs is 1. The summed E-state index contributed by atoms with van der Waals surface area (Å²) < 4.78 is 0. The highest BCUT2D eigenvalue weighted by Gasteiger charge is 2.37. The van der Waals surface area contributed by atoms with Crippen molar-refractivity contribution in [3.05, 3.63) is 70.3 Å². The molecule has 0 spiro atoms. The quantitative estimate of drug-likeness (QED) is 0.347. The molecule has 0 bridgehead atoms. The lowest BCUT2D eigenvalue weighted by molar-refractivity contribution is -0.121. The Morgan fingerprint density at radius 1 is 0.818 bits per heavy atom. The van der Waals surface area contributed by atoms with Crippen molar-refractivity contribution in [2.75, 3.05) is 13.1 Å². The lowest BCUT2D eigenvalue weighted by Gasteiger charge is -2.17. The number of hydrogen-bond donors (Lipinski definition) is 2. The lowest BCUT2D eigenvalue weighted by Crippen LogP contribution is -2.36. The molecule has 0 saturated heterocycles. The van der Waals surface area contributed by atoms with E-state index in [9.17, 15) is 24.0 Å². The predicted octanol–water partition coefficient (Wildman–Crippen LogP) is 2.51. The first-order valence-electron chi connectivity index (χ1n) is 10.9. The Balaban J connectivity index is 1.43. The molecule has 0 fully saturated rings. The summed E-state index contributed by atoms with van der Waals surface area (Å²) in [6, 6.07) is 11.3. The van der Waals surface area contributed by atoms with Crippen molar-refractivity contribution in [2.24, 2.45) is 0 Å². The van der Waals surface area contributed by atoms with Gasteiger partial charge in [0.2, 0.25) is 5.91 Å². The van der Waals surface area contributed by atoms with E-state index in [1.165, 1.54) is 23.1 Å². The zero-order chi connectivity index (χ0) is 24.1. The summed E-state index contributed by atoms with van der Waals surface area (Å²) in [7, 11) is 0. The normalized spacial score (nSPS) is 12.7. The standard InChI is InChI=1S/C25H27N3O5/c1-15(2)28-24(32)19-9-8-18(14-20(19)25(28)33)23(31)27-13-12-26-22(30)11-10-21(29)17-6-4-16(3)5-7-17/h4-9,14-15H,10-13H2,1-3H3,(H,26,30)(H,27,31). The van der Waals surface area contributed by atoms with Gasteiger partial charge in [-0.25, -0.2) is 0 Å². The van der Waals surface area contributed by atoms with Gasteiger partial charge in [-0.1, -0.05) is 29.8 Å². The molecule has 1 aliphatic rings. The maximum absolute atomic E-state index is 12.5. The van der Waals surface area contributed by atoms with Crippen LogP contribution in [0.25, 0.3) is 0 Å². The van der Waals surface area contributed by atoms with Gasteiger partial charge in [-0.3, -0.25) is 28.9 Å². The van der Waals surface area contributed by atoms with Crippen molar-refractivity contribution >= 4 is 29.4 Å². The molecular weight excluding hydrogens is 422 g/mol. The van der Waals surface area contributed by atoms with Crippen molar-refractivity contribution in [3.63, 3.8) is 0 Å². The molecule has 2 N–H and O–H groups in total. The highest BCUT2D eigenvalue weighted by Crippen LogP contribution is 2.25. The number of hydrogen-bond acceptors (Lipinski definition) is 5. The molecule has 8 heteroatoms. The number of nitrogens with one attached hydrogen (secondary N) is 2. The summed E-state index contributed by atoms with van der Waals surface area (Å²) in [5, 5.41) is 5.34. The van der Waals surface area contributed by atoms with E-state index in [1.807, 2.05) is 19.1 Å². The Morgan fingerprint density at radius 2 is 1.42 bits per heavy atom. The summed E-state index contributed by atoms with van der Waals surface area (Å²) in [4.78, 5) is 62.5. The first-order chi connectivity index (χ1) is 15.7. The van der Waals surface area contributed by atoms with E-state index in [2.05, 4.69) is 10.6 Å². The highest BCUT2D eigenvalue weighted by atomic mass is 16.2. The average molecular weight is 450 g/mol. The Kier molecular flexibility index (Phi) is 7.37. The second-order valence-corrected chi connectivity index (χ2v) is 8.23. The van der Waals surface area contributed by atoms with Gasteiger partial charge in [-0.2, -0.15) is 0 Å². The van der Waals surface area contributed by atoms with Crippen LogP contribution in [0, 0.1) is 6.92 Å². The number of Topliss-reactive ketones (excluding diaryl/α,β-unsaturated/α-hetero) is 1. The fourth-order valence-electron chi connectivity index (χ4n) is 3.55. The number of carbonyl (C=O) groups is 5. The smallest absolute Gasteiger partial charge is 0.261 e. The Labute approximate surface area is 192 Å². The van der Waals surface area contributed by atoms with Gasteiger partial charge in [-0.05, 0) is 39.0 Å². The van der Waals surface area contributed by atoms with E-state index in [-0.39, 0.29) is 66.3 Å². The summed E-state index contributed by atoms with van der Waals surface area (Å²) >= 11 is 0. The Morgan fingerprint density at radius 3 is 2.09 bits per heavy atom. The molecule has 0 atom stereocenters. The third-order valence-electron chi connectivity index (χ3n) is 5.38. The molecular formula is C25H27N3O5. The van der Waals surface area contributed by atoms with Crippen LogP contribution >= 0.6 is 0 Å². The van der Waals surface area contributed by atoms with Crippen molar-refractivity contribution in [1.29, 1.82) is 0 Å². The lowest BCUT2D eigenvalue weighted by atomic mass is 10.0.